The molecule has 0 aromatic rings. The molecule has 0 heterocycles. The number of carbonyl (C=O) groups excluding carboxylic acids is 2. The van der Waals surface area contributed by atoms with Crippen LogP contribution >= 0.6 is 0 Å². The van der Waals surface area contributed by atoms with E-state index in [-0.39, 0.29) is 24.9 Å². The van der Waals surface area contributed by atoms with Crippen molar-refractivity contribution in [1.82, 2.24) is 5.32 Å². The summed E-state index contributed by atoms with van der Waals surface area (Å²) >= 11 is 0. The number of aliphatic hydroxyl groups excluding tert-OH is 2. The van der Waals surface area contributed by atoms with Gasteiger partial charge in [0.25, 0.3) is 0 Å². The molecule has 314 valence electrons. The molecule has 0 aromatic carbocycles. The summed E-state index contributed by atoms with van der Waals surface area (Å²) in [5.41, 5.74) is 0. The van der Waals surface area contributed by atoms with E-state index in [9.17, 15) is 19.8 Å². The van der Waals surface area contributed by atoms with Gasteiger partial charge in [-0.15, -0.1) is 0 Å². The predicted octanol–water partition coefficient (Wildman–Crippen LogP) is 13.4. The van der Waals surface area contributed by atoms with Crippen molar-refractivity contribution in [1.29, 1.82) is 0 Å². The number of esters is 1. The van der Waals surface area contributed by atoms with Gasteiger partial charge in [0, 0.05) is 6.42 Å². The van der Waals surface area contributed by atoms with Gasteiger partial charge in [0.05, 0.1) is 25.2 Å². The minimum atomic E-state index is -0.782. The molecule has 3 atom stereocenters. The van der Waals surface area contributed by atoms with Gasteiger partial charge in [-0.05, 0) is 51.4 Å². The third-order valence-electron chi connectivity index (χ3n) is 10.8. The van der Waals surface area contributed by atoms with E-state index in [2.05, 4.69) is 38.2 Å². The van der Waals surface area contributed by atoms with Crippen LogP contribution in [0.5, 0.6) is 0 Å². The number of nitrogens with one attached hydrogen (secondary N) is 1. The van der Waals surface area contributed by atoms with Gasteiger partial charge in [-0.3, -0.25) is 9.59 Å². The van der Waals surface area contributed by atoms with Crippen molar-refractivity contribution in [2.24, 2.45) is 0 Å². The molecule has 0 spiro atoms. The van der Waals surface area contributed by atoms with E-state index in [4.69, 9.17) is 4.74 Å². The fraction of sp³-hybridized carbons (Fsp3) is 0.915. The SMILES string of the molecule is CCCCCC/C=C\CCCCCCCC(CC(=O)NC(CO)C(O)CCCCCCCCCCCCCC)OC(=O)CCCCCCCCCCC. The highest BCUT2D eigenvalue weighted by atomic mass is 16.5. The normalized spacial score (nSPS) is 13.4. The topological polar surface area (TPSA) is 95.9 Å². The molecule has 0 saturated carbocycles. The second-order valence-corrected chi connectivity index (χ2v) is 16.2. The second kappa shape index (κ2) is 41.8. The third kappa shape index (κ3) is 37.3. The van der Waals surface area contributed by atoms with E-state index < -0.39 is 18.2 Å². The fourth-order valence-electron chi connectivity index (χ4n) is 7.25. The van der Waals surface area contributed by atoms with Gasteiger partial charge in [0.2, 0.25) is 5.91 Å². The zero-order valence-electron chi connectivity index (χ0n) is 35.7. The van der Waals surface area contributed by atoms with Crippen LogP contribution in [0, 0.1) is 0 Å². The Bertz CT molecular complexity index is 802. The summed E-state index contributed by atoms with van der Waals surface area (Å²) in [5.74, 6) is -0.474. The zero-order valence-corrected chi connectivity index (χ0v) is 35.7. The van der Waals surface area contributed by atoms with E-state index in [1.807, 2.05) is 0 Å². The van der Waals surface area contributed by atoms with E-state index in [1.54, 1.807) is 0 Å². The van der Waals surface area contributed by atoms with Crippen LogP contribution in [0.15, 0.2) is 12.2 Å². The van der Waals surface area contributed by atoms with Crippen LogP contribution in [0.1, 0.15) is 252 Å². The van der Waals surface area contributed by atoms with E-state index >= 15 is 0 Å². The predicted molar refractivity (Wildman–Crippen MR) is 227 cm³/mol. The second-order valence-electron chi connectivity index (χ2n) is 16.2. The van der Waals surface area contributed by atoms with Crippen molar-refractivity contribution in [2.45, 2.75) is 270 Å². The Morgan fingerprint density at radius 3 is 1.36 bits per heavy atom. The zero-order chi connectivity index (χ0) is 38.9. The molecule has 1 amide bonds. The van der Waals surface area contributed by atoms with Gasteiger partial charge in [-0.2, -0.15) is 0 Å². The number of ether oxygens (including phenoxy) is 1. The molecule has 0 bridgehead atoms. The summed E-state index contributed by atoms with van der Waals surface area (Å²) in [5, 5.41) is 23.6. The Labute approximate surface area is 329 Å². The minimum absolute atomic E-state index is 0.0778. The molecule has 53 heavy (non-hydrogen) atoms. The van der Waals surface area contributed by atoms with Crippen molar-refractivity contribution >= 4 is 11.9 Å². The molecule has 6 heteroatoms. The highest BCUT2D eigenvalue weighted by Gasteiger charge is 2.24. The lowest BCUT2D eigenvalue weighted by atomic mass is 10.0. The molecule has 0 aliphatic heterocycles. The van der Waals surface area contributed by atoms with E-state index in [0.717, 1.165) is 57.8 Å². The highest BCUT2D eigenvalue weighted by Crippen LogP contribution is 2.18. The van der Waals surface area contributed by atoms with Gasteiger partial charge in [0.15, 0.2) is 0 Å². The minimum Gasteiger partial charge on any atom is -0.462 e. The number of allylic oxidation sites excluding steroid dienone is 2. The van der Waals surface area contributed by atoms with Crippen LogP contribution in [0.2, 0.25) is 0 Å². The molecule has 0 rings (SSSR count). The van der Waals surface area contributed by atoms with Crippen LogP contribution in [-0.2, 0) is 14.3 Å². The van der Waals surface area contributed by atoms with Crippen LogP contribution in [-0.4, -0.2) is 46.9 Å². The smallest absolute Gasteiger partial charge is 0.306 e. The number of unbranched alkanes of at least 4 members (excludes halogenated alkanes) is 28. The van der Waals surface area contributed by atoms with Gasteiger partial charge >= 0.3 is 5.97 Å². The highest BCUT2D eigenvalue weighted by molar-refractivity contribution is 5.77. The number of carbonyl (C=O) groups is 2. The third-order valence-corrected chi connectivity index (χ3v) is 10.8. The summed E-state index contributed by atoms with van der Waals surface area (Å²) in [6, 6.07) is -0.695. The lowest BCUT2D eigenvalue weighted by molar-refractivity contribution is -0.151. The van der Waals surface area contributed by atoms with Crippen molar-refractivity contribution in [3.05, 3.63) is 12.2 Å². The molecule has 0 aliphatic rings. The molecular weight excluding hydrogens is 659 g/mol. The van der Waals surface area contributed by atoms with Gasteiger partial charge < -0.3 is 20.3 Å². The lowest BCUT2D eigenvalue weighted by Crippen LogP contribution is -2.46. The van der Waals surface area contributed by atoms with Crippen LogP contribution in [0.3, 0.4) is 0 Å². The van der Waals surface area contributed by atoms with E-state index in [1.165, 1.54) is 148 Å². The Balaban J connectivity index is 4.55. The monoisotopic (exact) mass is 750 g/mol. The Morgan fingerprint density at radius 1 is 0.528 bits per heavy atom. The number of amides is 1. The summed E-state index contributed by atoms with van der Waals surface area (Å²) in [4.78, 5) is 25.9. The van der Waals surface area contributed by atoms with Gasteiger partial charge in [0.1, 0.15) is 6.10 Å². The van der Waals surface area contributed by atoms with Crippen molar-refractivity contribution in [2.75, 3.05) is 6.61 Å². The summed E-state index contributed by atoms with van der Waals surface area (Å²) in [7, 11) is 0. The Kier molecular flexibility index (Phi) is 40.7. The molecule has 0 radical (unpaired) electrons. The first kappa shape index (κ1) is 51.6. The molecule has 3 N–H and O–H groups in total. The number of hydrogen-bond donors (Lipinski definition) is 3. The largest absolute Gasteiger partial charge is 0.462 e. The molecule has 6 nitrogen and oxygen atoms in total. The molecular formula is C47H91NO5. The first-order valence-corrected chi connectivity index (χ1v) is 23.4. The molecule has 0 aliphatic carbocycles. The van der Waals surface area contributed by atoms with Crippen molar-refractivity contribution in [3.8, 4) is 0 Å². The first-order valence-electron chi connectivity index (χ1n) is 23.4. The molecule has 3 unspecified atom stereocenters. The number of aliphatic hydroxyl groups is 2. The molecule has 0 saturated heterocycles. The maximum absolute atomic E-state index is 13.1. The van der Waals surface area contributed by atoms with Gasteiger partial charge in [-0.25, -0.2) is 0 Å². The van der Waals surface area contributed by atoms with Crippen molar-refractivity contribution < 1.29 is 24.5 Å². The van der Waals surface area contributed by atoms with Gasteiger partial charge in [-0.1, -0.05) is 200 Å². The number of rotatable bonds is 42. The average Bonchev–Trinajstić information content (AvgIpc) is 3.15. The average molecular weight is 750 g/mol. The summed E-state index contributed by atoms with van der Waals surface area (Å²) in [6.45, 7) is 6.45. The van der Waals surface area contributed by atoms with Crippen LogP contribution in [0.25, 0.3) is 0 Å². The quantitative estimate of drug-likeness (QED) is 0.0328. The maximum Gasteiger partial charge on any atom is 0.306 e. The van der Waals surface area contributed by atoms with E-state index in [0.29, 0.717) is 19.3 Å². The first-order chi connectivity index (χ1) is 26.0. The Morgan fingerprint density at radius 2 is 0.906 bits per heavy atom. The summed E-state index contributed by atoms with van der Waals surface area (Å²) < 4.78 is 5.89. The fourth-order valence-corrected chi connectivity index (χ4v) is 7.25. The van der Waals surface area contributed by atoms with Crippen LogP contribution in [0.4, 0.5) is 0 Å². The maximum atomic E-state index is 13.1. The van der Waals surface area contributed by atoms with Crippen molar-refractivity contribution in [3.63, 3.8) is 0 Å². The number of hydrogen-bond acceptors (Lipinski definition) is 5. The van der Waals surface area contributed by atoms with Crippen LogP contribution < -0.4 is 5.32 Å². The summed E-state index contributed by atoms with van der Waals surface area (Å²) in [6.07, 6.45) is 44.1. The molecule has 0 fully saturated rings. The lowest BCUT2D eigenvalue weighted by Gasteiger charge is -2.24. The Hall–Kier alpha value is -1.40. The molecule has 0 aromatic heterocycles. The standard InChI is InChI=1S/C47H91NO5/c1-4-7-10-13-16-19-21-23-24-27-29-32-35-38-43(53-47(52)40-37-34-31-26-18-15-12-9-6-3)41-46(51)48-44(42-49)45(50)39-36-33-30-28-25-22-20-17-14-11-8-5-2/h19,21,43-45,49-50H,4-18,20,22-42H2,1-3H3,(H,48,51)/b21-19-.